The Hall–Kier alpha value is -1.04. The molecule has 1 heterocycles. The third-order valence-corrected chi connectivity index (χ3v) is 5.50. The van der Waals surface area contributed by atoms with Gasteiger partial charge in [0.05, 0.1) is 17.9 Å². The first-order valence-electron chi connectivity index (χ1n) is 7.97. The summed E-state index contributed by atoms with van der Waals surface area (Å²) in [4.78, 5) is 13.3. The van der Waals surface area contributed by atoms with E-state index in [9.17, 15) is 4.79 Å². The second-order valence-electron chi connectivity index (χ2n) is 5.81. The number of ether oxygens (including phenoxy) is 2. The van der Waals surface area contributed by atoms with Crippen molar-refractivity contribution in [1.82, 2.24) is 5.32 Å². The van der Waals surface area contributed by atoms with E-state index in [2.05, 4.69) is 5.32 Å². The Morgan fingerprint density at radius 3 is 2.95 bits per heavy atom. The van der Waals surface area contributed by atoms with E-state index < -0.39 is 0 Å². The summed E-state index contributed by atoms with van der Waals surface area (Å²) >= 11 is 1.56. The van der Waals surface area contributed by atoms with E-state index in [0.29, 0.717) is 12.4 Å². The number of thioether (sulfide) groups is 1. The molecule has 0 bridgehead atoms. The fourth-order valence-corrected chi connectivity index (χ4v) is 4.11. The molecule has 22 heavy (non-hydrogen) atoms. The fraction of sp³-hybridized carbons (Fsp3) is 0.588. The maximum absolute atomic E-state index is 12.2. The number of amides is 1. The Balaban J connectivity index is 1.51. The van der Waals surface area contributed by atoms with Crippen molar-refractivity contribution in [1.29, 1.82) is 0 Å². The zero-order chi connectivity index (χ0) is 15.4. The van der Waals surface area contributed by atoms with Crippen LogP contribution in [0.3, 0.4) is 0 Å². The summed E-state index contributed by atoms with van der Waals surface area (Å²) in [5.74, 6) is 0.513. The molecule has 1 aliphatic heterocycles. The van der Waals surface area contributed by atoms with Crippen molar-refractivity contribution in [2.24, 2.45) is 0 Å². The van der Waals surface area contributed by atoms with Crippen molar-refractivity contribution in [3.05, 3.63) is 30.3 Å². The van der Waals surface area contributed by atoms with Gasteiger partial charge in [-0.05, 0) is 38.3 Å². The van der Waals surface area contributed by atoms with E-state index in [1.807, 2.05) is 37.3 Å². The lowest BCUT2D eigenvalue weighted by atomic mass is 9.70. The lowest BCUT2D eigenvalue weighted by molar-refractivity contribution is -0.198. The molecule has 0 aromatic heterocycles. The second-order valence-corrected chi connectivity index (χ2v) is 6.86. The zero-order valence-corrected chi connectivity index (χ0v) is 13.7. The van der Waals surface area contributed by atoms with Crippen molar-refractivity contribution in [3.63, 3.8) is 0 Å². The molecule has 5 heteroatoms. The predicted octanol–water partition coefficient (Wildman–Crippen LogP) is 2.62. The molecular formula is C17H23NO3S. The number of carbonyl (C=O) groups excluding carboxylic acids is 1. The van der Waals surface area contributed by atoms with E-state index in [0.717, 1.165) is 30.8 Å². The first kappa shape index (κ1) is 15.8. The molecule has 1 saturated heterocycles. The van der Waals surface area contributed by atoms with E-state index in [1.165, 1.54) is 0 Å². The third-order valence-electron chi connectivity index (χ3n) is 4.48. The molecule has 4 nitrogen and oxygen atoms in total. The standard InChI is InChI=1S/C17H23NO3S/c1-2-20-15-11-14(17(15)9-6-10-21-17)18-16(19)12-22-13-7-4-3-5-8-13/h3-5,7-8,14-15H,2,6,9-12H2,1H3,(H,18,19). The highest BCUT2D eigenvalue weighted by molar-refractivity contribution is 8.00. The summed E-state index contributed by atoms with van der Waals surface area (Å²) < 4.78 is 11.7. The van der Waals surface area contributed by atoms with E-state index in [4.69, 9.17) is 9.47 Å². The van der Waals surface area contributed by atoms with Gasteiger partial charge in [-0.25, -0.2) is 0 Å². The number of carbonyl (C=O) groups is 1. The molecule has 1 spiro atoms. The van der Waals surface area contributed by atoms with Gasteiger partial charge in [0.25, 0.3) is 0 Å². The normalized spacial score (nSPS) is 30.2. The molecule has 2 aliphatic rings. The molecule has 1 aromatic rings. The number of rotatable bonds is 6. The van der Waals surface area contributed by atoms with Crippen LogP contribution >= 0.6 is 11.8 Å². The molecule has 2 fully saturated rings. The van der Waals surface area contributed by atoms with Crippen LogP contribution in [0.2, 0.25) is 0 Å². The lowest BCUT2D eigenvalue weighted by Crippen LogP contribution is -2.69. The summed E-state index contributed by atoms with van der Waals surface area (Å²) in [6, 6.07) is 10.1. The largest absolute Gasteiger partial charge is 0.375 e. The van der Waals surface area contributed by atoms with Crippen LogP contribution in [0, 0.1) is 0 Å². The number of hydrogen-bond acceptors (Lipinski definition) is 4. The highest BCUT2D eigenvalue weighted by atomic mass is 32.2. The predicted molar refractivity (Wildman–Crippen MR) is 87.0 cm³/mol. The molecule has 1 saturated carbocycles. The van der Waals surface area contributed by atoms with Crippen LogP contribution in [-0.4, -0.2) is 42.6 Å². The Kier molecular flexibility index (Phi) is 5.06. The minimum Gasteiger partial charge on any atom is -0.375 e. The Morgan fingerprint density at radius 1 is 1.45 bits per heavy atom. The van der Waals surface area contributed by atoms with E-state index in [1.54, 1.807) is 11.8 Å². The van der Waals surface area contributed by atoms with Gasteiger partial charge in [-0.15, -0.1) is 11.8 Å². The highest BCUT2D eigenvalue weighted by Crippen LogP contribution is 2.45. The SMILES string of the molecule is CCOC1CC(NC(=O)CSc2ccccc2)C12CCCO2. The maximum atomic E-state index is 12.2. The Bertz CT molecular complexity index is 502. The van der Waals surface area contributed by atoms with E-state index in [-0.39, 0.29) is 23.7 Å². The molecule has 1 aromatic carbocycles. The molecule has 3 atom stereocenters. The first-order chi connectivity index (χ1) is 10.7. The molecule has 1 N–H and O–H groups in total. The van der Waals surface area contributed by atoms with Crippen LogP contribution in [0.25, 0.3) is 0 Å². The van der Waals surface area contributed by atoms with Gasteiger partial charge >= 0.3 is 0 Å². The third kappa shape index (κ3) is 3.16. The minimum atomic E-state index is -0.275. The Labute approximate surface area is 135 Å². The van der Waals surface area contributed by atoms with Gasteiger partial charge in [0.1, 0.15) is 5.60 Å². The zero-order valence-electron chi connectivity index (χ0n) is 12.9. The van der Waals surface area contributed by atoms with Crippen LogP contribution in [0.1, 0.15) is 26.2 Å². The maximum Gasteiger partial charge on any atom is 0.230 e. The van der Waals surface area contributed by atoms with Crippen molar-refractivity contribution < 1.29 is 14.3 Å². The highest BCUT2D eigenvalue weighted by Gasteiger charge is 2.59. The Morgan fingerprint density at radius 2 is 2.27 bits per heavy atom. The summed E-state index contributed by atoms with van der Waals surface area (Å²) in [6.45, 7) is 3.47. The second kappa shape index (κ2) is 7.02. The van der Waals surface area contributed by atoms with Gasteiger partial charge in [-0.3, -0.25) is 4.79 Å². The quantitative estimate of drug-likeness (QED) is 0.818. The summed E-state index contributed by atoms with van der Waals surface area (Å²) in [7, 11) is 0. The van der Waals surface area contributed by atoms with Crippen LogP contribution < -0.4 is 5.32 Å². The van der Waals surface area contributed by atoms with Crippen LogP contribution in [0.15, 0.2) is 35.2 Å². The minimum absolute atomic E-state index is 0.0728. The van der Waals surface area contributed by atoms with Crippen molar-refractivity contribution in [2.75, 3.05) is 19.0 Å². The monoisotopic (exact) mass is 321 g/mol. The molecule has 3 rings (SSSR count). The van der Waals surface area contributed by atoms with Gasteiger partial charge in [0.15, 0.2) is 0 Å². The topological polar surface area (TPSA) is 47.6 Å². The number of hydrogen-bond donors (Lipinski definition) is 1. The lowest BCUT2D eigenvalue weighted by Gasteiger charge is -2.52. The smallest absolute Gasteiger partial charge is 0.230 e. The van der Waals surface area contributed by atoms with Crippen LogP contribution in [0.5, 0.6) is 0 Å². The van der Waals surface area contributed by atoms with Crippen molar-refractivity contribution in [2.45, 2.75) is 48.8 Å². The molecule has 0 radical (unpaired) electrons. The van der Waals surface area contributed by atoms with Gasteiger partial charge in [-0.2, -0.15) is 0 Å². The van der Waals surface area contributed by atoms with Crippen LogP contribution in [-0.2, 0) is 14.3 Å². The van der Waals surface area contributed by atoms with Gasteiger partial charge in [-0.1, -0.05) is 18.2 Å². The van der Waals surface area contributed by atoms with Crippen molar-refractivity contribution in [3.8, 4) is 0 Å². The fourth-order valence-electron chi connectivity index (χ4n) is 3.38. The van der Waals surface area contributed by atoms with Crippen LogP contribution in [0.4, 0.5) is 0 Å². The molecule has 120 valence electrons. The summed E-state index contributed by atoms with van der Waals surface area (Å²) in [5.41, 5.74) is -0.275. The molecular weight excluding hydrogens is 298 g/mol. The molecule has 1 amide bonds. The average molecular weight is 321 g/mol. The van der Waals surface area contributed by atoms with Gasteiger partial charge in [0, 0.05) is 18.1 Å². The summed E-state index contributed by atoms with van der Waals surface area (Å²) in [5, 5.41) is 3.14. The summed E-state index contributed by atoms with van der Waals surface area (Å²) in [6.07, 6.45) is 3.02. The molecule has 1 aliphatic carbocycles. The van der Waals surface area contributed by atoms with E-state index >= 15 is 0 Å². The number of benzene rings is 1. The number of nitrogens with one attached hydrogen (secondary N) is 1. The average Bonchev–Trinajstić information content (AvgIpc) is 3.06. The van der Waals surface area contributed by atoms with Crippen molar-refractivity contribution >= 4 is 17.7 Å². The van der Waals surface area contributed by atoms with Gasteiger partial charge in [0.2, 0.25) is 5.91 Å². The molecule has 3 unspecified atom stereocenters. The first-order valence-corrected chi connectivity index (χ1v) is 8.96. The van der Waals surface area contributed by atoms with Gasteiger partial charge < -0.3 is 14.8 Å².